The van der Waals surface area contributed by atoms with Gasteiger partial charge in [0.15, 0.2) is 5.58 Å². The first kappa shape index (κ1) is 10.0. The highest BCUT2D eigenvalue weighted by Gasteiger charge is 2.07. The van der Waals surface area contributed by atoms with E-state index in [2.05, 4.69) is 4.98 Å². The Morgan fingerprint density at radius 2 is 1.82 bits per heavy atom. The molecule has 3 heteroatoms. The standard InChI is InChI=1S/C14H10FNO/c1-9-2-7-13-12(16-9)8-14(17-13)10-3-5-11(15)6-4-10/h2-8H,1H3. The van der Waals surface area contributed by atoms with Gasteiger partial charge in [0.25, 0.3) is 0 Å². The van der Waals surface area contributed by atoms with Crippen LogP contribution in [0.4, 0.5) is 4.39 Å². The minimum Gasteiger partial charge on any atom is -0.454 e. The van der Waals surface area contributed by atoms with Gasteiger partial charge in [-0.05, 0) is 43.3 Å². The zero-order chi connectivity index (χ0) is 11.8. The van der Waals surface area contributed by atoms with Gasteiger partial charge in [-0.25, -0.2) is 9.37 Å². The molecule has 0 radical (unpaired) electrons. The number of hydrogen-bond donors (Lipinski definition) is 0. The maximum absolute atomic E-state index is 12.8. The summed E-state index contributed by atoms with van der Waals surface area (Å²) in [6.07, 6.45) is 0. The molecule has 2 aromatic heterocycles. The number of aryl methyl sites for hydroxylation is 1. The van der Waals surface area contributed by atoms with Crippen molar-refractivity contribution < 1.29 is 8.81 Å². The fourth-order valence-corrected chi connectivity index (χ4v) is 1.78. The van der Waals surface area contributed by atoms with Crippen LogP contribution in [0.2, 0.25) is 0 Å². The van der Waals surface area contributed by atoms with Crippen molar-refractivity contribution in [3.63, 3.8) is 0 Å². The molecule has 0 amide bonds. The molecule has 0 N–H and O–H groups in total. The molecule has 17 heavy (non-hydrogen) atoms. The highest BCUT2D eigenvalue weighted by atomic mass is 19.1. The molecular formula is C14H10FNO. The lowest BCUT2D eigenvalue weighted by Gasteiger charge is -1.94. The molecule has 0 unspecified atom stereocenters. The third-order valence-electron chi connectivity index (χ3n) is 2.64. The monoisotopic (exact) mass is 227 g/mol. The van der Waals surface area contributed by atoms with Crippen LogP contribution in [0.3, 0.4) is 0 Å². The van der Waals surface area contributed by atoms with Gasteiger partial charge in [0.2, 0.25) is 0 Å². The molecule has 0 atom stereocenters. The first-order valence-electron chi connectivity index (χ1n) is 5.35. The molecule has 3 rings (SSSR count). The Labute approximate surface area is 97.7 Å². The summed E-state index contributed by atoms with van der Waals surface area (Å²) < 4.78 is 18.5. The quantitative estimate of drug-likeness (QED) is 0.629. The maximum atomic E-state index is 12.8. The Hall–Kier alpha value is -2.16. The summed E-state index contributed by atoms with van der Waals surface area (Å²) in [5.74, 6) is 0.455. The normalized spacial score (nSPS) is 10.9. The maximum Gasteiger partial charge on any atom is 0.153 e. The van der Waals surface area contributed by atoms with Crippen molar-refractivity contribution in [1.29, 1.82) is 0 Å². The highest BCUT2D eigenvalue weighted by Crippen LogP contribution is 2.26. The molecule has 0 aliphatic rings. The minimum absolute atomic E-state index is 0.251. The Morgan fingerprint density at radius 3 is 2.59 bits per heavy atom. The number of pyridine rings is 1. The summed E-state index contributed by atoms with van der Waals surface area (Å²) in [5, 5.41) is 0. The predicted molar refractivity (Wildman–Crippen MR) is 64.1 cm³/mol. The number of furan rings is 1. The van der Waals surface area contributed by atoms with Crippen LogP contribution in [-0.4, -0.2) is 4.98 Å². The van der Waals surface area contributed by atoms with Gasteiger partial charge < -0.3 is 4.42 Å². The minimum atomic E-state index is -0.251. The van der Waals surface area contributed by atoms with Gasteiger partial charge in [-0.15, -0.1) is 0 Å². The lowest BCUT2D eigenvalue weighted by Crippen LogP contribution is -1.77. The first-order valence-corrected chi connectivity index (χ1v) is 5.35. The van der Waals surface area contributed by atoms with E-state index in [1.54, 1.807) is 12.1 Å². The van der Waals surface area contributed by atoms with Crippen molar-refractivity contribution in [2.24, 2.45) is 0 Å². The van der Waals surface area contributed by atoms with Gasteiger partial charge in [0, 0.05) is 17.3 Å². The number of nitrogens with zero attached hydrogens (tertiary/aromatic N) is 1. The van der Waals surface area contributed by atoms with E-state index in [1.807, 2.05) is 25.1 Å². The zero-order valence-electron chi connectivity index (χ0n) is 9.27. The summed E-state index contributed by atoms with van der Waals surface area (Å²) >= 11 is 0. The third-order valence-corrected chi connectivity index (χ3v) is 2.64. The lowest BCUT2D eigenvalue weighted by atomic mass is 10.2. The zero-order valence-corrected chi connectivity index (χ0v) is 9.27. The van der Waals surface area contributed by atoms with E-state index in [4.69, 9.17) is 4.42 Å². The van der Waals surface area contributed by atoms with Gasteiger partial charge in [-0.3, -0.25) is 0 Å². The third kappa shape index (κ3) is 1.80. The molecule has 3 aromatic rings. The van der Waals surface area contributed by atoms with E-state index in [0.717, 1.165) is 22.4 Å². The van der Waals surface area contributed by atoms with Gasteiger partial charge in [-0.1, -0.05) is 0 Å². The van der Waals surface area contributed by atoms with Crippen molar-refractivity contribution in [2.75, 3.05) is 0 Å². The van der Waals surface area contributed by atoms with Crippen molar-refractivity contribution in [3.05, 3.63) is 54.0 Å². The van der Waals surface area contributed by atoms with E-state index < -0.39 is 0 Å². The second-order valence-electron chi connectivity index (χ2n) is 3.95. The van der Waals surface area contributed by atoms with Crippen LogP contribution in [0.15, 0.2) is 46.9 Å². The number of aromatic nitrogens is 1. The summed E-state index contributed by atoms with van der Waals surface area (Å²) in [6, 6.07) is 11.9. The van der Waals surface area contributed by atoms with E-state index in [0.29, 0.717) is 5.76 Å². The number of benzene rings is 1. The molecule has 1 aromatic carbocycles. The summed E-state index contributed by atoms with van der Waals surface area (Å²) in [4.78, 5) is 4.37. The average Bonchev–Trinajstić information content (AvgIpc) is 2.72. The van der Waals surface area contributed by atoms with Crippen LogP contribution in [-0.2, 0) is 0 Å². The molecule has 0 aliphatic heterocycles. The van der Waals surface area contributed by atoms with Crippen molar-refractivity contribution >= 4 is 11.1 Å². The molecule has 2 nitrogen and oxygen atoms in total. The first-order chi connectivity index (χ1) is 8.22. The second kappa shape index (κ2) is 3.70. The number of halogens is 1. The molecule has 0 aliphatic carbocycles. The van der Waals surface area contributed by atoms with Crippen LogP contribution in [0.25, 0.3) is 22.4 Å². The Morgan fingerprint density at radius 1 is 1.06 bits per heavy atom. The van der Waals surface area contributed by atoms with Gasteiger partial charge in [0.1, 0.15) is 17.1 Å². The molecular weight excluding hydrogens is 217 g/mol. The van der Waals surface area contributed by atoms with Gasteiger partial charge in [0.05, 0.1) is 0 Å². The fraction of sp³-hybridized carbons (Fsp3) is 0.0714. The number of fused-ring (bicyclic) bond motifs is 1. The van der Waals surface area contributed by atoms with Crippen LogP contribution < -0.4 is 0 Å². The summed E-state index contributed by atoms with van der Waals surface area (Å²) in [5.41, 5.74) is 3.37. The summed E-state index contributed by atoms with van der Waals surface area (Å²) in [6.45, 7) is 1.93. The molecule has 0 fully saturated rings. The average molecular weight is 227 g/mol. The largest absolute Gasteiger partial charge is 0.454 e. The number of rotatable bonds is 1. The molecule has 84 valence electrons. The van der Waals surface area contributed by atoms with Crippen molar-refractivity contribution in [1.82, 2.24) is 4.98 Å². The van der Waals surface area contributed by atoms with E-state index >= 15 is 0 Å². The van der Waals surface area contributed by atoms with E-state index in [-0.39, 0.29) is 5.82 Å². The molecule has 0 spiro atoms. The van der Waals surface area contributed by atoms with Crippen molar-refractivity contribution in [3.8, 4) is 11.3 Å². The number of hydrogen-bond acceptors (Lipinski definition) is 2. The van der Waals surface area contributed by atoms with Crippen LogP contribution in [0, 0.1) is 12.7 Å². The Balaban J connectivity index is 2.14. The Bertz CT molecular complexity index is 670. The highest BCUT2D eigenvalue weighted by molar-refractivity contribution is 5.79. The molecule has 0 bridgehead atoms. The second-order valence-corrected chi connectivity index (χ2v) is 3.95. The smallest absolute Gasteiger partial charge is 0.153 e. The van der Waals surface area contributed by atoms with Crippen LogP contribution >= 0.6 is 0 Å². The summed E-state index contributed by atoms with van der Waals surface area (Å²) in [7, 11) is 0. The topological polar surface area (TPSA) is 26.0 Å². The molecule has 0 saturated heterocycles. The van der Waals surface area contributed by atoms with Crippen molar-refractivity contribution in [2.45, 2.75) is 6.92 Å². The molecule has 2 heterocycles. The SMILES string of the molecule is Cc1ccc2oc(-c3ccc(F)cc3)cc2n1. The molecule has 0 saturated carbocycles. The Kier molecular flexibility index (Phi) is 2.18. The van der Waals surface area contributed by atoms with E-state index in [1.165, 1.54) is 12.1 Å². The van der Waals surface area contributed by atoms with Gasteiger partial charge in [-0.2, -0.15) is 0 Å². The fourth-order valence-electron chi connectivity index (χ4n) is 1.78. The van der Waals surface area contributed by atoms with E-state index in [9.17, 15) is 4.39 Å². The lowest BCUT2D eigenvalue weighted by molar-refractivity contribution is 0.623. The predicted octanol–water partition coefficient (Wildman–Crippen LogP) is 3.94. The van der Waals surface area contributed by atoms with Gasteiger partial charge >= 0.3 is 0 Å². The van der Waals surface area contributed by atoms with Crippen LogP contribution in [0.1, 0.15) is 5.69 Å². The van der Waals surface area contributed by atoms with Crippen LogP contribution in [0.5, 0.6) is 0 Å².